The second-order valence-electron chi connectivity index (χ2n) is 5.34. The normalized spacial score (nSPS) is 14.3. The minimum atomic E-state index is -3.74. The van der Waals surface area contributed by atoms with E-state index in [9.17, 15) is 8.42 Å². The van der Waals surface area contributed by atoms with Crippen LogP contribution in [0.15, 0.2) is 29.2 Å². The Labute approximate surface area is 109 Å². The molecule has 102 valence electrons. The number of sulfonamides is 1. The van der Waals surface area contributed by atoms with Gasteiger partial charge in [-0.05, 0) is 17.5 Å². The molecule has 0 aromatic heterocycles. The van der Waals surface area contributed by atoms with Crippen LogP contribution in [0.1, 0.15) is 20.8 Å². The van der Waals surface area contributed by atoms with Crippen molar-refractivity contribution in [2.75, 3.05) is 11.9 Å². The fourth-order valence-electron chi connectivity index (χ4n) is 1.65. The van der Waals surface area contributed by atoms with Gasteiger partial charge < -0.3 is 11.1 Å². The number of nitrogens with one attached hydrogen (secondary N) is 1. The molecule has 0 amide bonds. The van der Waals surface area contributed by atoms with Gasteiger partial charge >= 0.3 is 0 Å². The fourth-order valence-corrected chi connectivity index (χ4v) is 2.35. The number of anilines is 1. The maximum absolute atomic E-state index is 11.5. The van der Waals surface area contributed by atoms with Gasteiger partial charge in [-0.3, -0.25) is 0 Å². The van der Waals surface area contributed by atoms with Crippen LogP contribution in [0.5, 0.6) is 0 Å². The van der Waals surface area contributed by atoms with Crippen LogP contribution in [-0.4, -0.2) is 21.0 Å². The number of para-hydroxylation sites is 1. The van der Waals surface area contributed by atoms with Crippen molar-refractivity contribution >= 4 is 15.7 Å². The lowest BCUT2D eigenvalue weighted by Gasteiger charge is -2.31. The van der Waals surface area contributed by atoms with Gasteiger partial charge in [0.2, 0.25) is 10.0 Å². The number of hydrogen-bond acceptors (Lipinski definition) is 4. The van der Waals surface area contributed by atoms with Gasteiger partial charge in [0.15, 0.2) is 0 Å². The van der Waals surface area contributed by atoms with E-state index >= 15 is 0 Å². The third-order valence-electron chi connectivity index (χ3n) is 2.80. The van der Waals surface area contributed by atoms with Crippen molar-refractivity contribution in [1.82, 2.24) is 0 Å². The Bertz CT molecular complexity index is 506. The highest BCUT2D eigenvalue weighted by Gasteiger charge is 2.25. The molecule has 1 unspecified atom stereocenters. The van der Waals surface area contributed by atoms with E-state index in [1.54, 1.807) is 18.2 Å². The number of primary sulfonamides is 1. The van der Waals surface area contributed by atoms with Gasteiger partial charge in [-0.25, -0.2) is 13.6 Å². The van der Waals surface area contributed by atoms with Crippen molar-refractivity contribution in [2.45, 2.75) is 31.7 Å². The van der Waals surface area contributed by atoms with Crippen molar-refractivity contribution in [1.29, 1.82) is 0 Å². The smallest absolute Gasteiger partial charge is 0.240 e. The molecule has 1 atom stereocenters. The zero-order valence-corrected chi connectivity index (χ0v) is 11.8. The molecule has 0 aliphatic carbocycles. The predicted octanol–water partition coefficient (Wildman–Crippen LogP) is 1.12. The lowest BCUT2D eigenvalue weighted by atomic mass is 9.86. The zero-order valence-electron chi connectivity index (χ0n) is 11.0. The van der Waals surface area contributed by atoms with E-state index in [1.165, 1.54) is 6.07 Å². The van der Waals surface area contributed by atoms with Gasteiger partial charge in [-0.15, -0.1) is 0 Å². The summed E-state index contributed by atoms with van der Waals surface area (Å²) < 4.78 is 23.0. The molecule has 0 aliphatic rings. The van der Waals surface area contributed by atoms with Crippen molar-refractivity contribution in [3.8, 4) is 0 Å². The lowest BCUT2D eigenvalue weighted by molar-refractivity contribution is 0.345. The average molecular weight is 271 g/mol. The molecule has 0 radical (unpaired) electrons. The summed E-state index contributed by atoms with van der Waals surface area (Å²) in [5.74, 6) is 0. The second-order valence-corrected chi connectivity index (χ2v) is 6.87. The summed E-state index contributed by atoms with van der Waals surface area (Å²) >= 11 is 0. The summed E-state index contributed by atoms with van der Waals surface area (Å²) in [4.78, 5) is 0.0905. The topological polar surface area (TPSA) is 98.2 Å². The zero-order chi connectivity index (χ0) is 14.0. The monoisotopic (exact) mass is 271 g/mol. The Morgan fingerprint density at radius 1 is 1.28 bits per heavy atom. The maximum Gasteiger partial charge on any atom is 0.240 e. The Kier molecular flexibility index (Phi) is 4.37. The summed E-state index contributed by atoms with van der Waals surface area (Å²) in [6.07, 6.45) is 0. The van der Waals surface area contributed by atoms with Crippen molar-refractivity contribution in [3.05, 3.63) is 24.3 Å². The van der Waals surface area contributed by atoms with Crippen LogP contribution < -0.4 is 16.2 Å². The first-order chi connectivity index (χ1) is 8.16. The second kappa shape index (κ2) is 5.26. The van der Waals surface area contributed by atoms with Crippen LogP contribution in [-0.2, 0) is 10.0 Å². The quantitative estimate of drug-likeness (QED) is 0.764. The fraction of sp³-hybridized carbons (Fsp3) is 0.500. The van der Waals surface area contributed by atoms with Gasteiger partial charge in [-0.2, -0.15) is 0 Å². The van der Waals surface area contributed by atoms with Crippen LogP contribution >= 0.6 is 0 Å². The molecule has 1 aromatic carbocycles. The third kappa shape index (κ3) is 3.69. The van der Waals surface area contributed by atoms with E-state index in [0.29, 0.717) is 12.2 Å². The Morgan fingerprint density at radius 3 is 2.28 bits per heavy atom. The van der Waals surface area contributed by atoms with Gasteiger partial charge in [0.1, 0.15) is 4.90 Å². The number of rotatable bonds is 4. The molecule has 6 heteroatoms. The third-order valence-corrected chi connectivity index (χ3v) is 3.77. The highest BCUT2D eigenvalue weighted by atomic mass is 32.2. The van der Waals surface area contributed by atoms with E-state index < -0.39 is 10.0 Å². The number of hydrogen-bond donors (Lipinski definition) is 3. The molecule has 0 bridgehead atoms. The Morgan fingerprint density at radius 2 is 1.83 bits per heavy atom. The SMILES string of the molecule is CC(C)(C)C(CN)Nc1ccccc1S(N)(=O)=O. The van der Waals surface area contributed by atoms with Crippen LogP contribution in [0.2, 0.25) is 0 Å². The first-order valence-corrected chi connectivity index (χ1v) is 7.29. The molecule has 0 heterocycles. The molecular weight excluding hydrogens is 250 g/mol. The molecule has 18 heavy (non-hydrogen) atoms. The summed E-state index contributed by atoms with van der Waals surface area (Å²) in [6, 6.07) is 6.52. The summed E-state index contributed by atoms with van der Waals surface area (Å²) in [6.45, 7) is 6.52. The van der Waals surface area contributed by atoms with E-state index in [0.717, 1.165) is 0 Å². The molecule has 5 nitrogen and oxygen atoms in total. The van der Waals surface area contributed by atoms with E-state index in [2.05, 4.69) is 5.32 Å². The molecular formula is C12H21N3O2S. The van der Waals surface area contributed by atoms with Gasteiger partial charge in [-0.1, -0.05) is 32.9 Å². The van der Waals surface area contributed by atoms with Gasteiger partial charge in [0, 0.05) is 12.6 Å². The summed E-state index contributed by atoms with van der Waals surface area (Å²) in [5, 5.41) is 8.34. The standard InChI is InChI=1S/C12H21N3O2S/c1-12(2,3)11(8-13)15-9-6-4-5-7-10(9)18(14,16)17/h4-7,11,15H,8,13H2,1-3H3,(H2,14,16,17). The van der Waals surface area contributed by atoms with Crippen molar-refractivity contribution in [3.63, 3.8) is 0 Å². The summed E-state index contributed by atoms with van der Waals surface area (Å²) in [7, 11) is -3.74. The number of nitrogens with two attached hydrogens (primary N) is 2. The summed E-state index contributed by atoms with van der Waals surface area (Å²) in [5.41, 5.74) is 6.13. The highest BCUT2D eigenvalue weighted by Crippen LogP contribution is 2.26. The predicted molar refractivity (Wildman–Crippen MR) is 73.7 cm³/mol. The highest BCUT2D eigenvalue weighted by molar-refractivity contribution is 7.89. The van der Waals surface area contributed by atoms with Gasteiger partial charge in [0.25, 0.3) is 0 Å². The molecule has 0 spiro atoms. The van der Waals surface area contributed by atoms with Crippen LogP contribution in [0, 0.1) is 5.41 Å². The van der Waals surface area contributed by atoms with E-state index in [1.807, 2.05) is 20.8 Å². The average Bonchev–Trinajstić information content (AvgIpc) is 2.23. The molecule has 0 fully saturated rings. The minimum Gasteiger partial charge on any atom is -0.379 e. The molecule has 0 saturated carbocycles. The molecule has 5 N–H and O–H groups in total. The Balaban J connectivity index is 3.12. The molecule has 1 rings (SSSR count). The minimum absolute atomic E-state index is 0.0413. The molecule has 0 saturated heterocycles. The first-order valence-electron chi connectivity index (χ1n) is 5.74. The van der Waals surface area contributed by atoms with Crippen LogP contribution in [0.25, 0.3) is 0 Å². The lowest BCUT2D eigenvalue weighted by Crippen LogP contribution is -2.40. The van der Waals surface area contributed by atoms with E-state index in [4.69, 9.17) is 10.9 Å². The maximum atomic E-state index is 11.5. The molecule has 0 aliphatic heterocycles. The number of benzene rings is 1. The largest absolute Gasteiger partial charge is 0.379 e. The van der Waals surface area contributed by atoms with Crippen LogP contribution in [0.4, 0.5) is 5.69 Å². The molecule has 1 aromatic rings. The Hall–Kier alpha value is -1.11. The van der Waals surface area contributed by atoms with Crippen LogP contribution in [0.3, 0.4) is 0 Å². The van der Waals surface area contributed by atoms with E-state index in [-0.39, 0.29) is 16.4 Å². The van der Waals surface area contributed by atoms with Crippen molar-refractivity contribution in [2.24, 2.45) is 16.3 Å². The van der Waals surface area contributed by atoms with Crippen molar-refractivity contribution < 1.29 is 8.42 Å². The van der Waals surface area contributed by atoms with Gasteiger partial charge in [0.05, 0.1) is 5.69 Å². The first kappa shape index (κ1) is 14.9.